The molecule has 88 valence electrons. The van der Waals surface area contributed by atoms with E-state index in [2.05, 4.69) is 13.8 Å². The second-order valence-corrected chi connectivity index (χ2v) is 4.64. The summed E-state index contributed by atoms with van der Waals surface area (Å²) in [5, 5.41) is 10.2. The lowest BCUT2D eigenvalue weighted by molar-refractivity contribution is -0.184. The Morgan fingerprint density at radius 3 is 2.50 bits per heavy atom. The molecule has 1 aliphatic heterocycles. The first-order valence-electron chi connectivity index (χ1n) is 5.55. The lowest BCUT2D eigenvalue weighted by Crippen LogP contribution is -2.46. The van der Waals surface area contributed by atoms with Crippen molar-refractivity contribution in [2.24, 2.45) is 0 Å². The number of benzene rings is 1. The molecule has 1 aliphatic rings. The molecule has 0 spiro atoms. The number of hydrogen-bond donors (Lipinski definition) is 1. The van der Waals surface area contributed by atoms with E-state index in [-0.39, 0.29) is 0 Å². The van der Waals surface area contributed by atoms with Crippen LogP contribution >= 0.6 is 0 Å². The van der Waals surface area contributed by atoms with Crippen molar-refractivity contribution in [3.63, 3.8) is 0 Å². The highest BCUT2D eigenvalue weighted by atomic mass is 16.5. The van der Waals surface area contributed by atoms with E-state index in [1.165, 1.54) is 0 Å². The molecular weight excluding hydrogens is 204 g/mol. The minimum atomic E-state index is -0.796. The highest BCUT2D eigenvalue weighted by Gasteiger charge is 2.38. The van der Waals surface area contributed by atoms with Crippen LogP contribution in [0.5, 0.6) is 5.75 Å². The molecule has 0 atom stereocenters. The van der Waals surface area contributed by atoms with Gasteiger partial charge in [0.15, 0.2) is 0 Å². The SMILES string of the molecule is COc1ccc(C2(O)COC2)cc1C(C)C. The molecule has 3 heteroatoms. The van der Waals surface area contributed by atoms with Gasteiger partial charge in [-0.2, -0.15) is 0 Å². The zero-order valence-corrected chi connectivity index (χ0v) is 9.99. The van der Waals surface area contributed by atoms with E-state index in [4.69, 9.17) is 9.47 Å². The van der Waals surface area contributed by atoms with Crippen LogP contribution in [-0.4, -0.2) is 25.4 Å². The van der Waals surface area contributed by atoms with Crippen molar-refractivity contribution in [1.82, 2.24) is 0 Å². The second kappa shape index (κ2) is 4.07. The standard InChI is InChI=1S/C13H18O3/c1-9(2)11-6-10(4-5-12(11)15-3)13(14)7-16-8-13/h4-6,9,14H,7-8H2,1-3H3. The van der Waals surface area contributed by atoms with Crippen LogP contribution in [-0.2, 0) is 10.3 Å². The van der Waals surface area contributed by atoms with E-state index in [1.54, 1.807) is 7.11 Å². The first kappa shape index (κ1) is 11.4. The fraction of sp³-hybridized carbons (Fsp3) is 0.538. The van der Waals surface area contributed by atoms with Crippen LogP contribution in [0.2, 0.25) is 0 Å². The van der Waals surface area contributed by atoms with Gasteiger partial charge in [0.1, 0.15) is 11.4 Å². The maximum atomic E-state index is 10.2. The van der Waals surface area contributed by atoms with E-state index in [1.807, 2.05) is 18.2 Å². The van der Waals surface area contributed by atoms with E-state index in [0.29, 0.717) is 19.1 Å². The summed E-state index contributed by atoms with van der Waals surface area (Å²) in [6, 6.07) is 5.85. The molecule has 0 aromatic heterocycles. The number of ether oxygens (including phenoxy) is 2. The summed E-state index contributed by atoms with van der Waals surface area (Å²) in [5.41, 5.74) is 1.25. The van der Waals surface area contributed by atoms with Crippen LogP contribution in [0.15, 0.2) is 18.2 Å². The molecule has 3 nitrogen and oxygen atoms in total. The lowest BCUT2D eigenvalue weighted by Gasteiger charge is -2.37. The molecule has 0 amide bonds. The summed E-state index contributed by atoms with van der Waals surface area (Å²) < 4.78 is 10.4. The predicted molar refractivity (Wildman–Crippen MR) is 61.8 cm³/mol. The summed E-state index contributed by atoms with van der Waals surface area (Å²) >= 11 is 0. The Morgan fingerprint density at radius 1 is 1.38 bits per heavy atom. The maximum absolute atomic E-state index is 10.2. The third-order valence-electron chi connectivity index (χ3n) is 3.07. The monoisotopic (exact) mass is 222 g/mol. The molecular formula is C13H18O3. The molecule has 1 N–H and O–H groups in total. The second-order valence-electron chi connectivity index (χ2n) is 4.64. The molecule has 1 heterocycles. The van der Waals surface area contributed by atoms with E-state index in [0.717, 1.165) is 16.9 Å². The fourth-order valence-electron chi connectivity index (χ4n) is 1.94. The largest absolute Gasteiger partial charge is 0.496 e. The Bertz CT molecular complexity index is 381. The molecule has 0 unspecified atom stereocenters. The van der Waals surface area contributed by atoms with Crippen molar-refractivity contribution >= 4 is 0 Å². The van der Waals surface area contributed by atoms with Crippen LogP contribution < -0.4 is 4.74 Å². The Morgan fingerprint density at radius 2 is 2.06 bits per heavy atom. The predicted octanol–water partition coefficient (Wildman–Crippen LogP) is 2.04. The van der Waals surface area contributed by atoms with Gasteiger partial charge in [-0.05, 0) is 29.2 Å². The minimum Gasteiger partial charge on any atom is -0.496 e. The number of rotatable bonds is 3. The number of aliphatic hydroxyl groups is 1. The van der Waals surface area contributed by atoms with Crippen molar-refractivity contribution in [3.05, 3.63) is 29.3 Å². The average molecular weight is 222 g/mol. The molecule has 1 saturated heterocycles. The van der Waals surface area contributed by atoms with Crippen molar-refractivity contribution in [2.75, 3.05) is 20.3 Å². The molecule has 1 fully saturated rings. The lowest BCUT2D eigenvalue weighted by atomic mass is 9.88. The molecule has 0 aliphatic carbocycles. The van der Waals surface area contributed by atoms with Gasteiger partial charge in [-0.1, -0.05) is 19.9 Å². The van der Waals surface area contributed by atoms with Gasteiger partial charge in [0.05, 0.1) is 20.3 Å². The van der Waals surface area contributed by atoms with Crippen LogP contribution in [0.3, 0.4) is 0 Å². The smallest absolute Gasteiger partial charge is 0.136 e. The third-order valence-corrected chi connectivity index (χ3v) is 3.07. The molecule has 0 bridgehead atoms. The van der Waals surface area contributed by atoms with Gasteiger partial charge in [0, 0.05) is 0 Å². The minimum absolute atomic E-state index is 0.375. The van der Waals surface area contributed by atoms with E-state index >= 15 is 0 Å². The van der Waals surface area contributed by atoms with Crippen LogP contribution in [0, 0.1) is 0 Å². The normalized spacial score (nSPS) is 18.3. The molecule has 0 saturated carbocycles. The summed E-state index contributed by atoms with van der Waals surface area (Å²) in [5.74, 6) is 1.25. The molecule has 16 heavy (non-hydrogen) atoms. The zero-order valence-electron chi connectivity index (χ0n) is 9.99. The molecule has 0 radical (unpaired) electrons. The van der Waals surface area contributed by atoms with Crippen molar-refractivity contribution in [2.45, 2.75) is 25.4 Å². The van der Waals surface area contributed by atoms with E-state index in [9.17, 15) is 5.11 Å². The summed E-state index contributed by atoms with van der Waals surface area (Å²) in [4.78, 5) is 0. The van der Waals surface area contributed by atoms with Crippen molar-refractivity contribution < 1.29 is 14.6 Å². The van der Waals surface area contributed by atoms with Crippen LogP contribution in [0.25, 0.3) is 0 Å². The van der Waals surface area contributed by atoms with E-state index < -0.39 is 5.60 Å². The zero-order chi connectivity index (χ0) is 11.8. The number of methoxy groups -OCH3 is 1. The quantitative estimate of drug-likeness (QED) is 0.850. The first-order chi connectivity index (χ1) is 7.57. The Hall–Kier alpha value is -1.06. The Labute approximate surface area is 96.0 Å². The van der Waals surface area contributed by atoms with Gasteiger partial charge in [-0.15, -0.1) is 0 Å². The summed E-state index contributed by atoms with van der Waals surface area (Å²) in [7, 11) is 1.67. The van der Waals surface area contributed by atoms with Gasteiger partial charge >= 0.3 is 0 Å². The topological polar surface area (TPSA) is 38.7 Å². The summed E-state index contributed by atoms with van der Waals surface area (Å²) in [6.45, 7) is 5.00. The molecule has 2 rings (SSSR count). The van der Waals surface area contributed by atoms with Crippen molar-refractivity contribution in [3.8, 4) is 5.75 Å². The number of hydrogen-bond acceptors (Lipinski definition) is 3. The van der Waals surface area contributed by atoms with Gasteiger partial charge in [0.25, 0.3) is 0 Å². The Balaban J connectivity index is 2.38. The highest BCUT2D eigenvalue weighted by molar-refractivity contribution is 5.41. The van der Waals surface area contributed by atoms with Crippen LogP contribution in [0.4, 0.5) is 0 Å². The fourth-order valence-corrected chi connectivity index (χ4v) is 1.94. The highest BCUT2D eigenvalue weighted by Crippen LogP contribution is 2.34. The first-order valence-corrected chi connectivity index (χ1v) is 5.55. The van der Waals surface area contributed by atoms with Gasteiger partial charge in [0.2, 0.25) is 0 Å². The Kier molecular flexibility index (Phi) is 2.91. The van der Waals surface area contributed by atoms with Gasteiger partial charge < -0.3 is 14.6 Å². The molecule has 1 aromatic carbocycles. The average Bonchev–Trinajstić information content (AvgIpc) is 2.25. The van der Waals surface area contributed by atoms with Crippen LogP contribution in [0.1, 0.15) is 30.9 Å². The maximum Gasteiger partial charge on any atom is 0.136 e. The van der Waals surface area contributed by atoms with Crippen molar-refractivity contribution in [1.29, 1.82) is 0 Å². The third kappa shape index (κ3) is 1.81. The van der Waals surface area contributed by atoms with Gasteiger partial charge in [-0.25, -0.2) is 0 Å². The summed E-state index contributed by atoms with van der Waals surface area (Å²) in [6.07, 6.45) is 0. The van der Waals surface area contributed by atoms with Gasteiger partial charge in [-0.3, -0.25) is 0 Å². The molecule has 1 aromatic rings.